The van der Waals surface area contributed by atoms with Gasteiger partial charge >= 0.3 is 0 Å². The number of nitrogens with zero attached hydrogens (tertiary/aromatic N) is 3. The standard InChI is InChI=1S/C25H22BrN3/c1-15-5-11-22(12-6-15)29-17(3)24-16(2)27-28-14-20(13-23(28)25(24)18(29)4)19-7-9-21(26)10-8-19/h5-14H,1-4H3. The number of hydrogen-bond donors (Lipinski definition) is 0. The van der Waals surface area contributed by atoms with Crippen molar-refractivity contribution < 1.29 is 0 Å². The smallest absolute Gasteiger partial charge is 0.0749 e. The van der Waals surface area contributed by atoms with Gasteiger partial charge < -0.3 is 4.57 Å². The Morgan fingerprint density at radius 2 is 1.41 bits per heavy atom. The van der Waals surface area contributed by atoms with Gasteiger partial charge in [-0.3, -0.25) is 0 Å². The van der Waals surface area contributed by atoms with Crippen LogP contribution in [0.5, 0.6) is 0 Å². The third-order valence-corrected chi connectivity index (χ3v) is 6.32. The van der Waals surface area contributed by atoms with Crippen molar-refractivity contribution in [2.75, 3.05) is 0 Å². The lowest BCUT2D eigenvalue weighted by Gasteiger charge is -2.09. The summed E-state index contributed by atoms with van der Waals surface area (Å²) >= 11 is 3.52. The molecule has 144 valence electrons. The van der Waals surface area contributed by atoms with Crippen molar-refractivity contribution in [3.63, 3.8) is 0 Å². The SMILES string of the molecule is Cc1ccc(-n2c(C)c3c(C)nn4cc(-c5ccc(Br)cc5)cc4c3c2C)cc1. The molecule has 0 radical (unpaired) electrons. The van der Waals surface area contributed by atoms with Gasteiger partial charge in [0, 0.05) is 44.1 Å². The van der Waals surface area contributed by atoms with E-state index >= 15 is 0 Å². The molecule has 29 heavy (non-hydrogen) atoms. The Labute approximate surface area is 178 Å². The quantitative estimate of drug-likeness (QED) is 0.289. The minimum absolute atomic E-state index is 1.05. The maximum Gasteiger partial charge on any atom is 0.0749 e. The molecule has 0 bridgehead atoms. The summed E-state index contributed by atoms with van der Waals surface area (Å²) in [5.74, 6) is 0. The summed E-state index contributed by atoms with van der Waals surface area (Å²) in [6.45, 7) is 8.63. The normalized spacial score (nSPS) is 11.6. The van der Waals surface area contributed by atoms with Gasteiger partial charge in [0.05, 0.1) is 11.2 Å². The highest BCUT2D eigenvalue weighted by Crippen LogP contribution is 2.35. The Balaban J connectivity index is 1.81. The highest BCUT2D eigenvalue weighted by molar-refractivity contribution is 9.10. The second kappa shape index (κ2) is 6.60. The minimum Gasteiger partial charge on any atom is -0.317 e. The molecule has 0 spiro atoms. The Morgan fingerprint density at radius 3 is 2.10 bits per heavy atom. The average Bonchev–Trinajstić information content (AvgIpc) is 3.22. The number of aromatic nitrogens is 3. The maximum atomic E-state index is 4.88. The third kappa shape index (κ3) is 2.82. The molecule has 4 heteroatoms. The second-order valence-electron chi connectivity index (χ2n) is 7.74. The van der Waals surface area contributed by atoms with Crippen LogP contribution in [0.25, 0.3) is 33.1 Å². The van der Waals surface area contributed by atoms with E-state index in [2.05, 4.69) is 109 Å². The first-order valence-corrected chi connectivity index (χ1v) is 10.6. The highest BCUT2D eigenvalue weighted by atomic mass is 79.9. The van der Waals surface area contributed by atoms with Crippen molar-refractivity contribution in [3.8, 4) is 16.8 Å². The van der Waals surface area contributed by atoms with Crippen LogP contribution in [0.1, 0.15) is 22.6 Å². The van der Waals surface area contributed by atoms with E-state index in [0.717, 1.165) is 15.7 Å². The maximum absolute atomic E-state index is 4.88. The van der Waals surface area contributed by atoms with Crippen molar-refractivity contribution in [2.24, 2.45) is 0 Å². The molecule has 0 fully saturated rings. The minimum atomic E-state index is 1.05. The molecular weight excluding hydrogens is 422 g/mol. The fourth-order valence-electron chi connectivity index (χ4n) is 4.41. The first-order chi connectivity index (χ1) is 13.9. The van der Waals surface area contributed by atoms with E-state index in [1.54, 1.807) is 0 Å². The van der Waals surface area contributed by atoms with Crippen LogP contribution in [0.3, 0.4) is 0 Å². The van der Waals surface area contributed by atoms with Crippen LogP contribution in [0, 0.1) is 27.7 Å². The first-order valence-electron chi connectivity index (χ1n) is 9.77. The van der Waals surface area contributed by atoms with Crippen molar-refractivity contribution in [1.29, 1.82) is 0 Å². The molecule has 0 N–H and O–H groups in total. The van der Waals surface area contributed by atoms with Crippen LogP contribution >= 0.6 is 15.9 Å². The molecular formula is C25H22BrN3. The van der Waals surface area contributed by atoms with E-state index in [1.165, 1.54) is 44.5 Å². The molecule has 3 nitrogen and oxygen atoms in total. The molecule has 5 aromatic rings. The topological polar surface area (TPSA) is 22.2 Å². The third-order valence-electron chi connectivity index (χ3n) is 5.79. The predicted molar refractivity (Wildman–Crippen MR) is 124 cm³/mol. The largest absolute Gasteiger partial charge is 0.317 e. The molecule has 0 unspecified atom stereocenters. The van der Waals surface area contributed by atoms with Crippen LogP contribution in [0.2, 0.25) is 0 Å². The van der Waals surface area contributed by atoms with Crippen molar-refractivity contribution in [1.82, 2.24) is 14.2 Å². The molecule has 0 amide bonds. The number of halogens is 1. The highest BCUT2D eigenvalue weighted by Gasteiger charge is 2.19. The zero-order chi connectivity index (χ0) is 20.3. The molecule has 3 heterocycles. The van der Waals surface area contributed by atoms with Gasteiger partial charge in [0.15, 0.2) is 0 Å². The summed E-state index contributed by atoms with van der Waals surface area (Å²) in [5.41, 5.74) is 9.52. The number of fused-ring (bicyclic) bond motifs is 3. The van der Waals surface area contributed by atoms with Crippen LogP contribution in [-0.2, 0) is 0 Å². The van der Waals surface area contributed by atoms with Gasteiger partial charge in [-0.2, -0.15) is 5.10 Å². The van der Waals surface area contributed by atoms with E-state index in [4.69, 9.17) is 5.10 Å². The lowest BCUT2D eigenvalue weighted by Crippen LogP contribution is -1.98. The van der Waals surface area contributed by atoms with Crippen LogP contribution in [-0.4, -0.2) is 14.2 Å². The summed E-state index contributed by atoms with van der Waals surface area (Å²) in [5, 5.41) is 7.41. The van der Waals surface area contributed by atoms with Gasteiger partial charge in [-0.1, -0.05) is 45.8 Å². The monoisotopic (exact) mass is 443 g/mol. The average molecular weight is 444 g/mol. The van der Waals surface area contributed by atoms with E-state index in [-0.39, 0.29) is 0 Å². The molecule has 0 aliphatic heterocycles. The fourth-order valence-corrected chi connectivity index (χ4v) is 4.67. The van der Waals surface area contributed by atoms with Crippen molar-refractivity contribution >= 4 is 32.2 Å². The number of benzene rings is 2. The fraction of sp³-hybridized carbons (Fsp3) is 0.160. The number of rotatable bonds is 2. The lowest BCUT2D eigenvalue weighted by molar-refractivity contribution is 0.919. The van der Waals surface area contributed by atoms with E-state index < -0.39 is 0 Å². The molecule has 0 saturated carbocycles. The summed E-state index contributed by atoms with van der Waals surface area (Å²) in [6.07, 6.45) is 2.13. The molecule has 0 saturated heterocycles. The van der Waals surface area contributed by atoms with Gasteiger partial charge in [-0.15, -0.1) is 0 Å². The van der Waals surface area contributed by atoms with E-state index in [1.807, 2.05) is 4.52 Å². The Morgan fingerprint density at radius 1 is 0.759 bits per heavy atom. The number of aryl methyl sites for hydroxylation is 4. The lowest BCUT2D eigenvalue weighted by atomic mass is 10.1. The summed E-state index contributed by atoms with van der Waals surface area (Å²) in [6, 6.07) is 19.4. The molecule has 0 aliphatic rings. The van der Waals surface area contributed by atoms with Gasteiger partial charge in [0.2, 0.25) is 0 Å². The zero-order valence-electron chi connectivity index (χ0n) is 17.0. The molecule has 5 rings (SSSR count). The van der Waals surface area contributed by atoms with Gasteiger partial charge in [-0.25, -0.2) is 4.52 Å². The summed E-state index contributed by atoms with van der Waals surface area (Å²) in [4.78, 5) is 0. The van der Waals surface area contributed by atoms with Crippen LogP contribution < -0.4 is 0 Å². The van der Waals surface area contributed by atoms with Crippen molar-refractivity contribution in [3.05, 3.63) is 87.9 Å². The van der Waals surface area contributed by atoms with Crippen LogP contribution in [0.4, 0.5) is 0 Å². The Hall–Kier alpha value is -2.85. The van der Waals surface area contributed by atoms with Gasteiger partial charge in [0.1, 0.15) is 0 Å². The van der Waals surface area contributed by atoms with E-state index in [9.17, 15) is 0 Å². The first kappa shape index (κ1) is 18.2. The molecule has 0 aliphatic carbocycles. The molecule has 3 aromatic heterocycles. The zero-order valence-corrected chi connectivity index (χ0v) is 18.6. The second-order valence-corrected chi connectivity index (χ2v) is 8.66. The van der Waals surface area contributed by atoms with Gasteiger partial charge in [-0.05, 0) is 63.6 Å². The molecule has 2 aromatic carbocycles. The van der Waals surface area contributed by atoms with Gasteiger partial charge in [0.25, 0.3) is 0 Å². The van der Waals surface area contributed by atoms with E-state index in [0.29, 0.717) is 0 Å². The molecule has 0 atom stereocenters. The van der Waals surface area contributed by atoms with Crippen LogP contribution in [0.15, 0.2) is 65.3 Å². The predicted octanol–water partition coefficient (Wildman–Crippen LogP) is 6.94. The summed E-state index contributed by atoms with van der Waals surface area (Å²) in [7, 11) is 0. The summed E-state index contributed by atoms with van der Waals surface area (Å²) < 4.78 is 5.47. The Bertz CT molecular complexity index is 1370. The Kier molecular flexibility index (Phi) is 4.14. The van der Waals surface area contributed by atoms with Crippen molar-refractivity contribution in [2.45, 2.75) is 27.7 Å². The number of hydrogen-bond acceptors (Lipinski definition) is 1.